The molecule has 2 aromatic heterocycles. The van der Waals surface area contributed by atoms with Gasteiger partial charge in [-0.2, -0.15) is 0 Å². The molecule has 1 aromatic carbocycles. The van der Waals surface area contributed by atoms with Crippen LogP contribution in [0.1, 0.15) is 27.9 Å². The van der Waals surface area contributed by atoms with E-state index >= 15 is 0 Å². The number of carbonyl (C=O) groups excluding carboxylic acids is 3. The maximum atomic E-state index is 12.4. The smallest absolute Gasteiger partial charge is 0.340 e. The standard InChI is InChI=1S/C22H22N4O5S2/c1-2-31-21(30)16-7-3-4-8-17(16)25-20(29)13-33-22-24-14(11-19(28)26-22)10-18(27)23-12-15-6-5-9-32-15/h3-9,11H,2,10,12-13H2,1H3,(H,23,27)(H,25,29)(H,24,26,28). The number of rotatable bonds is 10. The zero-order valence-electron chi connectivity index (χ0n) is 17.8. The van der Waals surface area contributed by atoms with Crippen molar-refractivity contribution in [2.75, 3.05) is 17.7 Å². The number of thioether (sulfide) groups is 1. The van der Waals surface area contributed by atoms with Gasteiger partial charge in [-0.3, -0.25) is 14.4 Å². The van der Waals surface area contributed by atoms with E-state index in [4.69, 9.17) is 4.74 Å². The number of H-pyrrole nitrogens is 1. The van der Waals surface area contributed by atoms with Crippen molar-refractivity contribution in [3.63, 3.8) is 0 Å². The first-order valence-corrected chi connectivity index (χ1v) is 11.9. The van der Waals surface area contributed by atoms with Crippen LogP contribution in [0.15, 0.2) is 57.8 Å². The zero-order chi connectivity index (χ0) is 23.6. The maximum Gasteiger partial charge on any atom is 0.340 e. The molecule has 3 N–H and O–H groups in total. The van der Waals surface area contributed by atoms with Gasteiger partial charge in [0.05, 0.1) is 42.3 Å². The third-order valence-electron chi connectivity index (χ3n) is 4.19. The summed E-state index contributed by atoms with van der Waals surface area (Å²) in [6, 6.07) is 11.6. The minimum absolute atomic E-state index is 0.0536. The molecule has 0 fully saturated rings. The molecule has 3 rings (SSSR count). The molecule has 172 valence electrons. The highest BCUT2D eigenvalue weighted by atomic mass is 32.2. The number of para-hydroxylation sites is 1. The molecule has 0 bridgehead atoms. The predicted molar refractivity (Wildman–Crippen MR) is 126 cm³/mol. The molecule has 0 unspecified atom stereocenters. The molecule has 2 amide bonds. The Morgan fingerprint density at radius 1 is 1.15 bits per heavy atom. The number of ether oxygens (including phenoxy) is 1. The molecule has 0 aliphatic heterocycles. The number of amides is 2. The van der Waals surface area contributed by atoms with Gasteiger partial charge >= 0.3 is 5.97 Å². The highest BCUT2D eigenvalue weighted by molar-refractivity contribution is 7.99. The van der Waals surface area contributed by atoms with Crippen molar-refractivity contribution in [1.29, 1.82) is 0 Å². The van der Waals surface area contributed by atoms with Crippen LogP contribution in [0, 0.1) is 0 Å². The summed E-state index contributed by atoms with van der Waals surface area (Å²) in [5.74, 6) is -1.24. The Labute approximate surface area is 198 Å². The Kier molecular flexibility index (Phi) is 8.79. The van der Waals surface area contributed by atoms with Gasteiger partial charge in [0, 0.05) is 10.9 Å². The predicted octanol–water partition coefficient (Wildman–Crippen LogP) is 2.60. The summed E-state index contributed by atoms with van der Waals surface area (Å²) >= 11 is 2.55. The molecule has 9 nitrogen and oxygen atoms in total. The van der Waals surface area contributed by atoms with Crippen LogP contribution in [-0.4, -0.2) is 40.1 Å². The largest absolute Gasteiger partial charge is 0.462 e. The number of thiophene rings is 1. The fourth-order valence-corrected chi connectivity index (χ4v) is 4.11. The van der Waals surface area contributed by atoms with E-state index in [1.807, 2.05) is 17.5 Å². The van der Waals surface area contributed by atoms with Gasteiger partial charge in [-0.15, -0.1) is 11.3 Å². The number of esters is 1. The average molecular weight is 487 g/mol. The summed E-state index contributed by atoms with van der Waals surface area (Å²) < 4.78 is 5.00. The van der Waals surface area contributed by atoms with Crippen LogP contribution in [0.25, 0.3) is 0 Å². The quantitative estimate of drug-likeness (QED) is 0.228. The molecule has 2 heterocycles. The summed E-state index contributed by atoms with van der Waals surface area (Å²) in [6.45, 7) is 2.33. The number of benzene rings is 1. The van der Waals surface area contributed by atoms with E-state index in [0.29, 0.717) is 17.9 Å². The van der Waals surface area contributed by atoms with Crippen LogP contribution in [0.2, 0.25) is 0 Å². The molecule has 0 aliphatic rings. The Balaban J connectivity index is 1.56. The van der Waals surface area contributed by atoms with Gasteiger partial charge in [0.15, 0.2) is 5.16 Å². The van der Waals surface area contributed by atoms with Gasteiger partial charge in [-0.25, -0.2) is 9.78 Å². The van der Waals surface area contributed by atoms with Crippen molar-refractivity contribution in [3.05, 3.63) is 74.3 Å². The van der Waals surface area contributed by atoms with E-state index in [2.05, 4.69) is 20.6 Å². The normalized spacial score (nSPS) is 10.5. The lowest BCUT2D eigenvalue weighted by molar-refractivity contribution is -0.120. The van der Waals surface area contributed by atoms with Crippen molar-refractivity contribution < 1.29 is 19.1 Å². The van der Waals surface area contributed by atoms with Crippen LogP contribution in [0.4, 0.5) is 5.69 Å². The maximum absolute atomic E-state index is 12.4. The Hall–Kier alpha value is -3.44. The first-order valence-electron chi connectivity index (χ1n) is 10.0. The second-order valence-corrected chi connectivity index (χ2v) is 8.67. The summed E-state index contributed by atoms with van der Waals surface area (Å²) in [5.41, 5.74) is 0.471. The molecule has 0 radical (unpaired) electrons. The third kappa shape index (κ3) is 7.58. The zero-order valence-corrected chi connectivity index (χ0v) is 19.4. The molecule has 0 saturated heterocycles. The van der Waals surface area contributed by atoms with Gasteiger partial charge in [0.2, 0.25) is 11.8 Å². The van der Waals surface area contributed by atoms with Gasteiger partial charge < -0.3 is 20.4 Å². The van der Waals surface area contributed by atoms with Gasteiger partial charge in [0.1, 0.15) is 0 Å². The number of hydrogen-bond donors (Lipinski definition) is 3. The summed E-state index contributed by atoms with van der Waals surface area (Å²) in [7, 11) is 0. The SMILES string of the molecule is CCOC(=O)c1ccccc1NC(=O)CSc1nc(CC(=O)NCc2cccs2)cc(=O)[nH]1. The topological polar surface area (TPSA) is 130 Å². The molecule has 33 heavy (non-hydrogen) atoms. The van der Waals surface area contributed by atoms with Crippen LogP contribution >= 0.6 is 23.1 Å². The summed E-state index contributed by atoms with van der Waals surface area (Å²) in [5, 5.41) is 7.60. The van der Waals surface area contributed by atoms with E-state index in [1.54, 1.807) is 31.2 Å². The molecular formula is C22H22N4O5S2. The van der Waals surface area contributed by atoms with Crippen molar-refractivity contribution >= 4 is 46.6 Å². The molecule has 11 heteroatoms. The van der Waals surface area contributed by atoms with Crippen molar-refractivity contribution in [2.24, 2.45) is 0 Å². The Bertz CT molecular complexity index is 1180. The first kappa shape index (κ1) is 24.2. The second-order valence-electron chi connectivity index (χ2n) is 6.68. The number of carbonyl (C=O) groups is 3. The van der Waals surface area contributed by atoms with Crippen LogP contribution in [0.3, 0.4) is 0 Å². The number of hydrogen-bond acceptors (Lipinski definition) is 8. The van der Waals surface area contributed by atoms with E-state index < -0.39 is 17.4 Å². The lowest BCUT2D eigenvalue weighted by Gasteiger charge is -2.10. The lowest BCUT2D eigenvalue weighted by Crippen LogP contribution is -2.25. The van der Waals surface area contributed by atoms with E-state index in [9.17, 15) is 19.2 Å². The summed E-state index contributed by atoms with van der Waals surface area (Å²) in [4.78, 5) is 56.4. The van der Waals surface area contributed by atoms with Gasteiger partial charge in [-0.05, 0) is 30.5 Å². The van der Waals surface area contributed by atoms with Gasteiger partial charge in [0.25, 0.3) is 5.56 Å². The molecule has 3 aromatic rings. The van der Waals surface area contributed by atoms with E-state index in [1.165, 1.54) is 17.4 Å². The van der Waals surface area contributed by atoms with Crippen LogP contribution < -0.4 is 16.2 Å². The van der Waals surface area contributed by atoms with Crippen molar-refractivity contribution in [3.8, 4) is 0 Å². The second kappa shape index (κ2) is 12.0. The van der Waals surface area contributed by atoms with Crippen molar-refractivity contribution in [1.82, 2.24) is 15.3 Å². The third-order valence-corrected chi connectivity index (χ3v) is 5.94. The monoisotopic (exact) mass is 486 g/mol. The Morgan fingerprint density at radius 3 is 2.73 bits per heavy atom. The van der Waals surface area contributed by atoms with Crippen LogP contribution in [0.5, 0.6) is 0 Å². The Morgan fingerprint density at radius 2 is 1.97 bits per heavy atom. The van der Waals surface area contributed by atoms with Crippen molar-refractivity contribution in [2.45, 2.75) is 25.0 Å². The van der Waals surface area contributed by atoms with Crippen LogP contribution in [-0.2, 0) is 27.3 Å². The number of aromatic amines is 1. The molecule has 0 spiro atoms. The number of anilines is 1. The number of nitrogens with zero attached hydrogens (tertiary/aromatic N) is 1. The minimum atomic E-state index is -0.530. The number of aromatic nitrogens is 2. The van der Waals surface area contributed by atoms with E-state index in [0.717, 1.165) is 16.6 Å². The molecule has 0 saturated carbocycles. The van der Waals surface area contributed by atoms with Gasteiger partial charge in [-0.1, -0.05) is 30.0 Å². The van der Waals surface area contributed by atoms with E-state index in [-0.39, 0.29) is 35.4 Å². The molecular weight excluding hydrogens is 464 g/mol. The highest BCUT2D eigenvalue weighted by Crippen LogP contribution is 2.18. The average Bonchev–Trinajstić information content (AvgIpc) is 3.30. The summed E-state index contributed by atoms with van der Waals surface area (Å²) in [6.07, 6.45) is -0.0536. The highest BCUT2D eigenvalue weighted by Gasteiger charge is 2.15. The minimum Gasteiger partial charge on any atom is -0.462 e. The number of nitrogens with one attached hydrogen (secondary N) is 3. The lowest BCUT2D eigenvalue weighted by atomic mass is 10.2. The molecule has 0 aliphatic carbocycles. The first-order chi connectivity index (χ1) is 15.9. The fourth-order valence-electron chi connectivity index (χ4n) is 2.77. The molecule has 0 atom stereocenters. The fraction of sp³-hybridized carbons (Fsp3) is 0.227.